The lowest BCUT2D eigenvalue weighted by molar-refractivity contribution is -0.152. The molecule has 4 heteroatoms. The van der Waals surface area contributed by atoms with E-state index in [1.807, 2.05) is 41.5 Å². The van der Waals surface area contributed by atoms with Gasteiger partial charge in [0, 0.05) is 12.8 Å². The lowest BCUT2D eigenvalue weighted by Gasteiger charge is -2.19. The maximum absolute atomic E-state index is 11.7. The summed E-state index contributed by atoms with van der Waals surface area (Å²) >= 11 is 0. The van der Waals surface area contributed by atoms with Crippen LogP contribution in [-0.4, -0.2) is 24.1 Å². The van der Waals surface area contributed by atoms with Crippen LogP contribution in [0.25, 0.3) is 0 Å². The zero-order valence-electron chi connectivity index (χ0n) is 13.8. The fourth-order valence-electron chi connectivity index (χ4n) is 1.70. The van der Waals surface area contributed by atoms with Gasteiger partial charge in [0.15, 0.2) is 0 Å². The second-order valence-electron chi connectivity index (χ2n) is 5.97. The number of ether oxygens (including phenoxy) is 2. The van der Waals surface area contributed by atoms with Crippen LogP contribution in [0.4, 0.5) is 0 Å². The van der Waals surface area contributed by atoms with Crippen molar-refractivity contribution in [2.75, 3.05) is 0 Å². The van der Waals surface area contributed by atoms with Crippen LogP contribution in [0.2, 0.25) is 0 Å². The van der Waals surface area contributed by atoms with E-state index in [2.05, 4.69) is 0 Å². The Morgan fingerprint density at radius 1 is 0.850 bits per heavy atom. The SMILES string of the molecule is CCC(OC(=O)CCCC(=O)OC(C)C(C)C)C(C)C. The lowest BCUT2D eigenvalue weighted by atomic mass is 10.1. The fraction of sp³-hybridized carbons (Fsp3) is 0.875. The second kappa shape index (κ2) is 9.78. The molecule has 2 unspecified atom stereocenters. The molecule has 4 nitrogen and oxygen atoms in total. The molecule has 0 rings (SSSR count). The van der Waals surface area contributed by atoms with Gasteiger partial charge in [-0.25, -0.2) is 0 Å². The molecule has 118 valence electrons. The van der Waals surface area contributed by atoms with Crippen molar-refractivity contribution in [2.45, 2.75) is 79.4 Å². The van der Waals surface area contributed by atoms with E-state index in [9.17, 15) is 9.59 Å². The molecule has 0 aliphatic carbocycles. The van der Waals surface area contributed by atoms with Crippen molar-refractivity contribution in [1.82, 2.24) is 0 Å². The molecule has 0 saturated heterocycles. The Morgan fingerprint density at radius 2 is 1.35 bits per heavy atom. The van der Waals surface area contributed by atoms with Gasteiger partial charge in [-0.3, -0.25) is 9.59 Å². The molecule has 0 spiro atoms. The first-order chi connectivity index (χ1) is 9.27. The van der Waals surface area contributed by atoms with E-state index in [1.165, 1.54) is 0 Å². The Labute approximate surface area is 123 Å². The van der Waals surface area contributed by atoms with E-state index in [0.29, 0.717) is 18.3 Å². The summed E-state index contributed by atoms with van der Waals surface area (Å²) in [6, 6.07) is 0. The molecule has 20 heavy (non-hydrogen) atoms. The van der Waals surface area contributed by atoms with Crippen LogP contribution >= 0.6 is 0 Å². The summed E-state index contributed by atoms with van der Waals surface area (Å²) in [7, 11) is 0. The second-order valence-corrected chi connectivity index (χ2v) is 5.97. The summed E-state index contributed by atoms with van der Waals surface area (Å²) < 4.78 is 10.6. The number of carbonyl (C=O) groups is 2. The lowest BCUT2D eigenvalue weighted by Crippen LogP contribution is -2.23. The molecule has 0 aromatic carbocycles. The van der Waals surface area contributed by atoms with Gasteiger partial charge in [0.1, 0.15) is 12.2 Å². The molecule has 0 aromatic heterocycles. The number of carbonyl (C=O) groups excluding carboxylic acids is 2. The summed E-state index contributed by atoms with van der Waals surface area (Å²) in [6.07, 6.45) is 1.73. The van der Waals surface area contributed by atoms with E-state index in [-0.39, 0.29) is 37.0 Å². The minimum absolute atomic E-state index is 0.0320. The normalized spacial score (nSPS) is 14.2. The summed E-state index contributed by atoms with van der Waals surface area (Å²) in [4.78, 5) is 23.2. The summed E-state index contributed by atoms with van der Waals surface area (Å²) in [5, 5.41) is 0. The predicted octanol–water partition coefficient (Wildman–Crippen LogP) is 3.72. The first kappa shape index (κ1) is 18.9. The maximum Gasteiger partial charge on any atom is 0.306 e. The van der Waals surface area contributed by atoms with E-state index < -0.39 is 0 Å². The van der Waals surface area contributed by atoms with Crippen molar-refractivity contribution >= 4 is 11.9 Å². The van der Waals surface area contributed by atoms with Crippen LogP contribution in [0.5, 0.6) is 0 Å². The molecule has 2 atom stereocenters. The van der Waals surface area contributed by atoms with Gasteiger partial charge in [0.2, 0.25) is 0 Å². The molecular weight excluding hydrogens is 256 g/mol. The summed E-state index contributed by atoms with van der Waals surface area (Å²) in [5.74, 6) is 0.159. The fourth-order valence-corrected chi connectivity index (χ4v) is 1.70. The van der Waals surface area contributed by atoms with Gasteiger partial charge in [-0.05, 0) is 31.6 Å². The van der Waals surface area contributed by atoms with Crippen LogP contribution in [0.1, 0.15) is 67.2 Å². The van der Waals surface area contributed by atoms with E-state index in [1.54, 1.807) is 0 Å². The molecule has 0 heterocycles. The first-order valence-electron chi connectivity index (χ1n) is 7.66. The maximum atomic E-state index is 11.7. The average molecular weight is 286 g/mol. The third-order valence-electron chi connectivity index (χ3n) is 3.45. The first-order valence-corrected chi connectivity index (χ1v) is 7.66. The number of hydrogen-bond acceptors (Lipinski definition) is 4. The van der Waals surface area contributed by atoms with Crippen LogP contribution in [0, 0.1) is 11.8 Å². The highest BCUT2D eigenvalue weighted by molar-refractivity contribution is 5.72. The van der Waals surface area contributed by atoms with Gasteiger partial charge in [0.05, 0.1) is 0 Å². The minimum Gasteiger partial charge on any atom is -0.462 e. The van der Waals surface area contributed by atoms with Crippen molar-refractivity contribution in [2.24, 2.45) is 11.8 Å². The molecule has 0 aliphatic heterocycles. The van der Waals surface area contributed by atoms with Crippen molar-refractivity contribution in [3.8, 4) is 0 Å². The van der Waals surface area contributed by atoms with E-state index in [4.69, 9.17) is 9.47 Å². The van der Waals surface area contributed by atoms with Crippen molar-refractivity contribution < 1.29 is 19.1 Å². The van der Waals surface area contributed by atoms with Gasteiger partial charge in [-0.1, -0.05) is 34.6 Å². The Morgan fingerprint density at radius 3 is 1.75 bits per heavy atom. The molecule has 0 N–H and O–H groups in total. The molecular formula is C16H30O4. The van der Waals surface area contributed by atoms with E-state index in [0.717, 1.165) is 6.42 Å². The Bertz CT molecular complexity index is 297. The van der Waals surface area contributed by atoms with Crippen molar-refractivity contribution in [3.63, 3.8) is 0 Å². The summed E-state index contributed by atoms with van der Waals surface area (Å²) in [6.45, 7) is 12.0. The largest absolute Gasteiger partial charge is 0.462 e. The number of esters is 2. The topological polar surface area (TPSA) is 52.6 Å². The van der Waals surface area contributed by atoms with Crippen LogP contribution < -0.4 is 0 Å². The number of hydrogen-bond donors (Lipinski definition) is 0. The van der Waals surface area contributed by atoms with E-state index >= 15 is 0 Å². The third-order valence-corrected chi connectivity index (χ3v) is 3.45. The highest BCUT2D eigenvalue weighted by atomic mass is 16.5. The molecule has 0 radical (unpaired) electrons. The van der Waals surface area contributed by atoms with Crippen LogP contribution in [0.3, 0.4) is 0 Å². The monoisotopic (exact) mass is 286 g/mol. The van der Waals surface area contributed by atoms with Crippen molar-refractivity contribution in [1.29, 1.82) is 0 Å². The Hall–Kier alpha value is -1.06. The van der Waals surface area contributed by atoms with Gasteiger partial charge in [-0.15, -0.1) is 0 Å². The molecule has 0 bridgehead atoms. The molecule has 0 amide bonds. The van der Waals surface area contributed by atoms with Gasteiger partial charge in [0.25, 0.3) is 0 Å². The highest BCUT2D eigenvalue weighted by Crippen LogP contribution is 2.13. The average Bonchev–Trinajstić information content (AvgIpc) is 2.35. The van der Waals surface area contributed by atoms with Gasteiger partial charge < -0.3 is 9.47 Å². The van der Waals surface area contributed by atoms with Crippen LogP contribution in [-0.2, 0) is 19.1 Å². The Balaban J connectivity index is 3.89. The molecule has 0 saturated carbocycles. The van der Waals surface area contributed by atoms with Crippen molar-refractivity contribution in [3.05, 3.63) is 0 Å². The van der Waals surface area contributed by atoms with Crippen LogP contribution in [0.15, 0.2) is 0 Å². The highest BCUT2D eigenvalue weighted by Gasteiger charge is 2.17. The zero-order valence-corrected chi connectivity index (χ0v) is 13.8. The molecule has 0 fully saturated rings. The zero-order chi connectivity index (χ0) is 15.7. The summed E-state index contributed by atoms with van der Waals surface area (Å²) in [5.41, 5.74) is 0. The van der Waals surface area contributed by atoms with Gasteiger partial charge in [-0.2, -0.15) is 0 Å². The minimum atomic E-state index is -0.241. The predicted molar refractivity (Wildman–Crippen MR) is 79.3 cm³/mol. The molecule has 0 aliphatic rings. The quantitative estimate of drug-likeness (QED) is 0.606. The Kier molecular flexibility index (Phi) is 9.26. The molecule has 0 aromatic rings. The smallest absolute Gasteiger partial charge is 0.306 e. The third kappa shape index (κ3) is 8.18. The van der Waals surface area contributed by atoms with Gasteiger partial charge >= 0.3 is 11.9 Å². The standard InChI is InChI=1S/C16H30O4/c1-7-14(12(4)5)20-16(18)10-8-9-15(17)19-13(6)11(2)3/h11-14H,7-10H2,1-6H3. The number of rotatable bonds is 9.